The second kappa shape index (κ2) is 5.71. The van der Waals surface area contributed by atoms with Gasteiger partial charge in [0, 0.05) is 8.95 Å². The quantitative estimate of drug-likeness (QED) is 0.326. The van der Waals surface area contributed by atoms with Crippen LogP contribution in [0, 0.1) is 0 Å². The lowest BCUT2D eigenvalue weighted by Gasteiger charge is -2.24. The Hall–Kier alpha value is -1.08. The second-order valence-corrected chi connectivity index (χ2v) is 5.96. The molecule has 0 aromatic heterocycles. The van der Waals surface area contributed by atoms with E-state index >= 15 is 0 Å². The molecule has 0 fully saturated rings. The molecular formula is C11H13Br2N3O2. The van der Waals surface area contributed by atoms with E-state index in [1.807, 2.05) is 0 Å². The maximum atomic E-state index is 12.1. The van der Waals surface area contributed by atoms with Crippen LogP contribution >= 0.6 is 31.9 Å². The molecule has 0 heterocycles. The smallest absolute Gasteiger partial charge is 0.253 e. The lowest BCUT2D eigenvalue weighted by atomic mass is 10.0. The van der Waals surface area contributed by atoms with Crippen molar-refractivity contribution in [2.45, 2.75) is 19.4 Å². The third kappa shape index (κ3) is 3.46. The van der Waals surface area contributed by atoms with Crippen LogP contribution in [0.15, 0.2) is 32.3 Å². The minimum absolute atomic E-state index is 0.0657. The molecule has 1 aromatic rings. The van der Waals surface area contributed by atoms with Crippen molar-refractivity contribution in [2.24, 2.45) is 10.9 Å². The van der Waals surface area contributed by atoms with Crippen LogP contribution in [0.25, 0.3) is 0 Å². The number of rotatable bonds is 3. The van der Waals surface area contributed by atoms with Gasteiger partial charge in [0.05, 0.1) is 11.1 Å². The van der Waals surface area contributed by atoms with Crippen molar-refractivity contribution >= 4 is 43.6 Å². The molecule has 98 valence electrons. The third-order valence-electron chi connectivity index (χ3n) is 2.35. The Morgan fingerprint density at radius 3 is 2.56 bits per heavy atom. The van der Waals surface area contributed by atoms with Crippen molar-refractivity contribution in [1.29, 1.82) is 0 Å². The lowest BCUT2D eigenvalue weighted by Crippen LogP contribution is -2.53. The van der Waals surface area contributed by atoms with Gasteiger partial charge in [0.2, 0.25) is 0 Å². The number of hydrogen-bond acceptors (Lipinski definition) is 3. The second-order valence-electron chi connectivity index (χ2n) is 4.19. The maximum Gasteiger partial charge on any atom is 0.253 e. The SMILES string of the molecule is CC(C)(NC(=O)c1ccc(Br)cc1Br)/C(N)=N/O. The van der Waals surface area contributed by atoms with Gasteiger partial charge in [0.25, 0.3) is 5.91 Å². The fourth-order valence-corrected chi connectivity index (χ4v) is 2.44. The number of carbonyl (C=O) groups excluding carboxylic acids is 1. The molecule has 0 radical (unpaired) electrons. The summed E-state index contributed by atoms with van der Waals surface area (Å²) in [6.07, 6.45) is 0. The highest BCUT2D eigenvalue weighted by atomic mass is 79.9. The van der Waals surface area contributed by atoms with Crippen molar-refractivity contribution in [3.63, 3.8) is 0 Å². The van der Waals surface area contributed by atoms with Crippen LogP contribution in [0.2, 0.25) is 0 Å². The monoisotopic (exact) mass is 377 g/mol. The highest BCUT2D eigenvalue weighted by molar-refractivity contribution is 9.11. The summed E-state index contributed by atoms with van der Waals surface area (Å²) in [5.41, 5.74) is 5.04. The van der Waals surface area contributed by atoms with E-state index in [1.54, 1.807) is 32.0 Å². The minimum Gasteiger partial charge on any atom is -0.409 e. The Morgan fingerprint density at radius 1 is 1.44 bits per heavy atom. The fraction of sp³-hybridized carbons (Fsp3) is 0.273. The van der Waals surface area contributed by atoms with Crippen LogP contribution in [0.1, 0.15) is 24.2 Å². The van der Waals surface area contributed by atoms with Gasteiger partial charge in [-0.15, -0.1) is 0 Å². The minimum atomic E-state index is -0.932. The van der Waals surface area contributed by atoms with Crippen molar-refractivity contribution in [3.8, 4) is 0 Å². The first-order valence-electron chi connectivity index (χ1n) is 5.03. The summed E-state index contributed by atoms with van der Waals surface area (Å²) in [6, 6.07) is 5.20. The van der Waals surface area contributed by atoms with Crippen molar-refractivity contribution in [3.05, 3.63) is 32.7 Å². The van der Waals surface area contributed by atoms with Gasteiger partial charge >= 0.3 is 0 Å². The highest BCUT2D eigenvalue weighted by Crippen LogP contribution is 2.22. The first kappa shape index (κ1) is 15.0. The van der Waals surface area contributed by atoms with Gasteiger partial charge in [0.1, 0.15) is 0 Å². The van der Waals surface area contributed by atoms with Gasteiger partial charge in [0.15, 0.2) is 5.84 Å². The van der Waals surface area contributed by atoms with Crippen molar-refractivity contribution in [2.75, 3.05) is 0 Å². The molecule has 0 saturated heterocycles. The molecule has 0 atom stereocenters. The van der Waals surface area contributed by atoms with Crippen molar-refractivity contribution < 1.29 is 10.0 Å². The normalized spacial score (nSPS) is 12.3. The standard InChI is InChI=1S/C11H13Br2N3O2/c1-11(2,10(14)16-18)15-9(17)7-4-3-6(12)5-8(7)13/h3-5,18H,1-2H3,(H2,14,16)(H,15,17). The van der Waals surface area contributed by atoms with Gasteiger partial charge in [-0.1, -0.05) is 21.1 Å². The predicted octanol–water partition coefficient (Wildman–Crippen LogP) is 2.47. The first-order valence-corrected chi connectivity index (χ1v) is 6.62. The summed E-state index contributed by atoms with van der Waals surface area (Å²) in [5.74, 6) is -0.380. The van der Waals surface area contributed by atoms with E-state index in [0.29, 0.717) is 10.0 Å². The number of nitrogens with two attached hydrogens (primary N) is 1. The summed E-state index contributed by atoms with van der Waals surface area (Å²) in [7, 11) is 0. The molecule has 18 heavy (non-hydrogen) atoms. The molecule has 0 unspecified atom stereocenters. The molecule has 5 nitrogen and oxygen atoms in total. The van der Waals surface area contributed by atoms with Crippen LogP contribution in [-0.4, -0.2) is 22.5 Å². The number of amides is 1. The van der Waals surface area contributed by atoms with Crippen LogP contribution in [0.3, 0.4) is 0 Å². The van der Waals surface area contributed by atoms with Crippen LogP contribution in [0.4, 0.5) is 0 Å². The summed E-state index contributed by atoms with van der Waals surface area (Å²) in [4.78, 5) is 12.1. The van der Waals surface area contributed by atoms with E-state index < -0.39 is 5.54 Å². The lowest BCUT2D eigenvalue weighted by molar-refractivity contribution is 0.0930. The molecule has 0 aliphatic carbocycles. The molecule has 0 spiro atoms. The number of amidine groups is 1. The molecular weight excluding hydrogens is 366 g/mol. The van der Waals surface area contributed by atoms with Gasteiger partial charge in [-0.05, 0) is 48.0 Å². The molecule has 0 bridgehead atoms. The summed E-state index contributed by atoms with van der Waals surface area (Å²) in [5, 5.41) is 14.2. The Balaban J connectivity index is 2.96. The number of carbonyl (C=O) groups is 1. The first-order chi connectivity index (χ1) is 8.27. The largest absolute Gasteiger partial charge is 0.409 e. The topological polar surface area (TPSA) is 87.7 Å². The number of nitrogens with one attached hydrogen (secondary N) is 1. The number of benzene rings is 1. The Bertz CT molecular complexity index is 501. The van der Waals surface area contributed by atoms with E-state index in [9.17, 15) is 4.79 Å². The highest BCUT2D eigenvalue weighted by Gasteiger charge is 2.26. The Kier molecular flexibility index (Phi) is 4.75. The van der Waals surface area contributed by atoms with Gasteiger partial charge < -0.3 is 16.3 Å². The molecule has 4 N–H and O–H groups in total. The van der Waals surface area contributed by atoms with Gasteiger partial charge in [-0.25, -0.2) is 0 Å². The molecule has 1 aromatic carbocycles. The molecule has 7 heteroatoms. The van der Waals surface area contributed by atoms with Gasteiger partial charge in [-0.2, -0.15) is 0 Å². The fourth-order valence-electron chi connectivity index (χ4n) is 1.21. The maximum absolute atomic E-state index is 12.1. The number of nitrogens with zero attached hydrogens (tertiary/aromatic N) is 1. The zero-order chi connectivity index (χ0) is 13.9. The van der Waals surface area contributed by atoms with Crippen LogP contribution in [0.5, 0.6) is 0 Å². The Morgan fingerprint density at radius 2 is 2.06 bits per heavy atom. The third-order valence-corrected chi connectivity index (χ3v) is 3.50. The predicted molar refractivity (Wildman–Crippen MR) is 76.8 cm³/mol. The number of halogens is 2. The summed E-state index contributed by atoms with van der Waals surface area (Å²) < 4.78 is 1.52. The number of hydrogen-bond donors (Lipinski definition) is 3. The van der Waals surface area contributed by atoms with Crippen molar-refractivity contribution in [1.82, 2.24) is 5.32 Å². The van der Waals surface area contributed by atoms with Crippen LogP contribution in [-0.2, 0) is 0 Å². The van der Waals surface area contributed by atoms with E-state index in [-0.39, 0.29) is 11.7 Å². The van der Waals surface area contributed by atoms with Gasteiger partial charge in [-0.3, -0.25) is 4.79 Å². The average Bonchev–Trinajstić information content (AvgIpc) is 2.26. The average molecular weight is 379 g/mol. The summed E-state index contributed by atoms with van der Waals surface area (Å²) >= 11 is 6.62. The zero-order valence-corrected chi connectivity index (χ0v) is 13.0. The van der Waals surface area contributed by atoms with E-state index in [0.717, 1.165) is 4.47 Å². The molecule has 0 saturated carbocycles. The molecule has 1 rings (SSSR count). The number of oxime groups is 1. The van der Waals surface area contributed by atoms with E-state index in [4.69, 9.17) is 10.9 Å². The Labute approximate surface area is 122 Å². The van der Waals surface area contributed by atoms with E-state index in [2.05, 4.69) is 42.3 Å². The van der Waals surface area contributed by atoms with Crippen LogP contribution < -0.4 is 11.1 Å². The molecule has 0 aliphatic rings. The molecule has 0 aliphatic heterocycles. The zero-order valence-electron chi connectivity index (χ0n) is 9.87. The van der Waals surface area contributed by atoms with E-state index in [1.165, 1.54) is 0 Å². The molecule has 1 amide bonds. The summed E-state index contributed by atoms with van der Waals surface area (Å²) in [6.45, 7) is 3.29.